The number of nitrogens with one attached hydrogen (secondary N) is 1. The topological polar surface area (TPSA) is 86.8 Å². The molecule has 0 aliphatic heterocycles. The van der Waals surface area contributed by atoms with Crippen LogP contribution in [0.3, 0.4) is 0 Å². The van der Waals surface area contributed by atoms with Crippen molar-refractivity contribution in [1.29, 1.82) is 0 Å². The van der Waals surface area contributed by atoms with E-state index in [0.29, 0.717) is 34.3 Å². The number of likely N-dealkylation sites (N-methyl/N-ethyl adjacent to an activating group) is 1. The summed E-state index contributed by atoms with van der Waals surface area (Å²) in [6.07, 6.45) is 1.75. The molecule has 39 heavy (non-hydrogen) atoms. The minimum Gasteiger partial charge on any atom is -0.355 e. The Morgan fingerprint density at radius 1 is 0.949 bits per heavy atom. The van der Waals surface area contributed by atoms with Crippen LogP contribution in [0.25, 0.3) is 0 Å². The van der Waals surface area contributed by atoms with Crippen molar-refractivity contribution in [2.24, 2.45) is 0 Å². The Kier molecular flexibility index (Phi) is 11.2. The molecule has 0 aliphatic rings. The number of anilines is 1. The average molecular weight is 591 g/mol. The molecule has 0 saturated carbocycles. The lowest BCUT2D eigenvalue weighted by molar-refractivity contribution is -0.141. The number of sulfonamides is 1. The fourth-order valence-electron chi connectivity index (χ4n) is 4.28. The summed E-state index contributed by atoms with van der Waals surface area (Å²) in [5, 5.41) is 3.71. The molecule has 1 atom stereocenters. The van der Waals surface area contributed by atoms with E-state index in [4.69, 9.17) is 23.2 Å². The van der Waals surface area contributed by atoms with Crippen molar-refractivity contribution in [2.75, 3.05) is 23.7 Å². The largest absolute Gasteiger partial charge is 0.355 e. The number of amides is 2. The second kappa shape index (κ2) is 14.4. The molecule has 0 saturated heterocycles. The summed E-state index contributed by atoms with van der Waals surface area (Å²) in [5.41, 5.74) is 2.08. The number of hydrogen-bond acceptors (Lipinski definition) is 4. The first-order valence-electron chi connectivity index (χ1n) is 12.7. The van der Waals surface area contributed by atoms with E-state index in [1.165, 1.54) is 9.21 Å². The van der Waals surface area contributed by atoms with Gasteiger partial charge in [0.1, 0.15) is 6.04 Å². The van der Waals surface area contributed by atoms with Gasteiger partial charge in [-0.3, -0.25) is 13.9 Å². The van der Waals surface area contributed by atoms with Crippen LogP contribution in [0.4, 0.5) is 5.69 Å². The molecule has 1 unspecified atom stereocenters. The molecular weight excluding hydrogens is 557 g/mol. The molecule has 2 amide bonds. The maximum atomic E-state index is 13.7. The molecule has 3 rings (SSSR count). The molecule has 0 aromatic heterocycles. The standard InChI is InChI=1S/C29H33Cl2N3O4S/c1-3-32-29(36)27(19-22-11-6-4-7-12-22)33(21-23-16-17-24(30)20-26(23)31)28(35)15-10-18-34(39(2,37)38)25-13-8-5-9-14-25/h4-9,11-14,16-17,20,27H,3,10,15,18-19,21H2,1-2H3,(H,32,36). The number of para-hydroxylation sites is 1. The van der Waals surface area contributed by atoms with Crippen LogP contribution in [-0.4, -0.2) is 50.5 Å². The number of rotatable bonds is 13. The van der Waals surface area contributed by atoms with Crippen molar-refractivity contribution in [3.63, 3.8) is 0 Å². The number of nitrogens with zero attached hydrogens (tertiary/aromatic N) is 2. The van der Waals surface area contributed by atoms with E-state index >= 15 is 0 Å². The van der Waals surface area contributed by atoms with Crippen molar-refractivity contribution in [2.45, 2.75) is 38.8 Å². The van der Waals surface area contributed by atoms with Crippen LogP contribution in [-0.2, 0) is 32.6 Å². The number of carbonyl (C=O) groups is 2. The molecule has 0 radical (unpaired) electrons. The van der Waals surface area contributed by atoms with Crippen LogP contribution in [0.2, 0.25) is 10.0 Å². The Hall–Kier alpha value is -3.07. The Morgan fingerprint density at radius 2 is 1.59 bits per heavy atom. The Bertz CT molecular complexity index is 1360. The summed E-state index contributed by atoms with van der Waals surface area (Å²) in [6.45, 7) is 2.45. The molecule has 0 bridgehead atoms. The summed E-state index contributed by atoms with van der Waals surface area (Å²) >= 11 is 12.5. The Morgan fingerprint density at radius 3 is 2.18 bits per heavy atom. The summed E-state index contributed by atoms with van der Waals surface area (Å²) in [6, 6.07) is 22.5. The highest BCUT2D eigenvalue weighted by Gasteiger charge is 2.30. The molecule has 10 heteroatoms. The van der Waals surface area contributed by atoms with Crippen LogP contribution in [0.15, 0.2) is 78.9 Å². The summed E-state index contributed by atoms with van der Waals surface area (Å²) < 4.78 is 26.2. The van der Waals surface area contributed by atoms with Gasteiger partial charge in [-0.1, -0.05) is 77.8 Å². The molecule has 3 aromatic rings. The second-order valence-electron chi connectivity index (χ2n) is 9.13. The maximum absolute atomic E-state index is 13.7. The smallest absolute Gasteiger partial charge is 0.243 e. The number of carbonyl (C=O) groups excluding carboxylic acids is 2. The number of hydrogen-bond donors (Lipinski definition) is 1. The van der Waals surface area contributed by atoms with Gasteiger partial charge in [0, 0.05) is 42.5 Å². The van der Waals surface area contributed by atoms with Gasteiger partial charge in [-0.2, -0.15) is 0 Å². The van der Waals surface area contributed by atoms with Gasteiger partial charge in [0.2, 0.25) is 21.8 Å². The van der Waals surface area contributed by atoms with Gasteiger partial charge in [-0.15, -0.1) is 0 Å². The second-order valence-corrected chi connectivity index (χ2v) is 11.9. The van der Waals surface area contributed by atoms with Crippen LogP contribution in [0.1, 0.15) is 30.9 Å². The van der Waals surface area contributed by atoms with E-state index in [1.807, 2.05) is 43.3 Å². The normalized spacial score (nSPS) is 12.0. The molecule has 3 aromatic carbocycles. The third-order valence-corrected chi connectivity index (χ3v) is 7.96. The SMILES string of the molecule is CCNC(=O)C(Cc1ccccc1)N(Cc1ccc(Cl)cc1Cl)C(=O)CCCN(c1ccccc1)S(C)(=O)=O. The van der Waals surface area contributed by atoms with E-state index in [1.54, 1.807) is 42.5 Å². The molecule has 0 spiro atoms. The van der Waals surface area contributed by atoms with Gasteiger partial charge in [0.25, 0.3) is 0 Å². The summed E-state index contributed by atoms with van der Waals surface area (Å²) in [7, 11) is -3.56. The molecule has 7 nitrogen and oxygen atoms in total. The molecule has 208 valence electrons. The van der Waals surface area contributed by atoms with E-state index in [-0.39, 0.29) is 37.7 Å². The molecule has 0 aliphatic carbocycles. The highest BCUT2D eigenvalue weighted by molar-refractivity contribution is 7.92. The third kappa shape index (κ3) is 8.98. The highest BCUT2D eigenvalue weighted by Crippen LogP contribution is 2.25. The van der Waals surface area contributed by atoms with Gasteiger partial charge in [-0.25, -0.2) is 8.42 Å². The van der Waals surface area contributed by atoms with Crippen LogP contribution in [0.5, 0.6) is 0 Å². The Labute approximate surface area is 240 Å². The lowest BCUT2D eigenvalue weighted by atomic mass is 10.0. The third-order valence-electron chi connectivity index (χ3n) is 6.17. The first-order chi connectivity index (χ1) is 18.6. The van der Waals surface area contributed by atoms with Crippen molar-refractivity contribution >= 4 is 50.7 Å². The first-order valence-corrected chi connectivity index (χ1v) is 15.3. The first kappa shape index (κ1) is 30.5. The van der Waals surface area contributed by atoms with Crippen LogP contribution in [0, 0.1) is 0 Å². The lowest BCUT2D eigenvalue weighted by Crippen LogP contribution is -2.50. The fourth-order valence-corrected chi connectivity index (χ4v) is 5.71. The number of halogens is 2. The van der Waals surface area contributed by atoms with E-state index in [2.05, 4.69) is 5.32 Å². The van der Waals surface area contributed by atoms with Gasteiger partial charge < -0.3 is 10.2 Å². The fraction of sp³-hybridized carbons (Fsp3) is 0.310. The number of benzene rings is 3. The maximum Gasteiger partial charge on any atom is 0.243 e. The van der Waals surface area contributed by atoms with Crippen molar-refractivity contribution in [1.82, 2.24) is 10.2 Å². The molecule has 0 fully saturated rings. The average Bonchev–Trinajstić information content (AvgIpc) is 2.90. The van der Waals surface area contributed by atoms with Crippen LogP contribution >= 0.6 is 23.2 Å². The van der Waals surface area contributed by atoms with Gasteiger partial charge >= 0.3 is 0 Å². The van der Waals surface area contributed by atoms with E-state index < -0.39 is 16.1 Å². The highest BCUT2D eigenvalue weighted by atomic mass is 35.5. The zero-order chi connectivity index (χ0) is 28.4. The zero-order valence-electron chi connectivity index (χ0n) is 22.0. The Balaban J connectivity index is 1.88. The van der Waals surface area contributed by atoms with E-state index in [0.717, 1.165) is 11.8 Å². The monoisotopic (exact) mass is 589 g/mol. The minimum atomic E-state index is -3.56. The quantitative estimate of drug-likeness (QED) is 0.292. The molecule has 0 heterocycles. The van der Waals surface area contributed by atoms with Crippen molar-refractivity contribution < 1.29 is 18.0 Å². The zero-order valence-corrected chi connectivity index (χ0v) is 24.3. The van der Waals surface area contributed by atoms with Gasteiger partial charge in [-0.05, 0) is 48.7 Å². The predicted molar refractivity (Wildman–Crippen MR) is 157 cm³/mol. The lowest BCUT2D eigenvalue weighted by Gasteiger charge is -2.32. The predicted octanol–water partition coefficient (Wildman–Crippen LogP) is 5.32. The van der Waals surface area contributed by atoms with E-state index in [9.17, 15) is 18.0 Å². The van der Waals surface area contributed by atoms with Crippen LogP contribution < -0.4 is 9.62 Å². The van der Waals surface area contributed by atoms with Crippen molar-refractivity contribution in [3.8, 4) is 0 Å². The summed E-state index contributed by atoms with van der Waals surface area (Å²) in [5.74, 6) is -0.559. The van der Waals surface area contributed by atoms with Gasteiger partial charge in [0.15, 0.2) is 0 Å². The van der Waals surface area contributed by atoms with Gasteiger partial charge in [0.05, 0.1) is 11.9 Å². The van der Waals surface area contributed by atoms with Crippen molar-refractivity contribution in [3.05, 3.63) is 100 Å². The molecular formula is C29H33Cl2N3O4S. The minimum absolute atomic E-state index is 0.0365. The molecule has 1 N–H and O–H groups in total. The summed E-state index contributed by atoms with van der Waals surface area (Å²) in [4.78, 5) is 28.5.